The first kappa shape index (κ1) is 17.1. The molecule has 1 aromatic heterocycles. The van der Waals surface area contributed by atoms with Crippen LogP contribution in [0.15, 0.2) is 23.4 Å². The lowest BCUT2D eigenvalue weighted by Crippen LogP contribution is -2.27. The Labute approximate surface area is 123 Å². The summed E-state index contributed by atoms with van der Waals surface area (Å²) in [5, 5.41) is 0. The maximum absolute atomic E-state index is 12.0. The van der Waals surface area contributed by atoms with E-state index in [1.54, 1.807) is 6.92 Å². The van der Waals surface area contributed by atoms with E-state index < -0.39 is 16.0 Å². The van der Waals surface area contributed by atoms with Crippen LogP contribution in [0.4, 0.5) is 0 Å². The number of carbonyl (C=O) groups is 1. The van der Waals surface area contributed by atoms with Gasteiger partial charge in [-0.15, -0.1) is 0 Å². The maximum Gasteiger partial charge on any atom is 0.307 e. The number of rotatable bonds is 6. The fourth-order valence-electron chi connectivity index (χ4n) is 1.39. The van der Waals surface area contributed by atoms with Crippen LogP contribution in [0, 0.1) is 11.8 Å². The normalized spacial score (nSPS) is 10.6. The van der Waals surface area contributed by atoms with E-state index in [4.69, 9.17) is 10.5 Å². The second-order valence-electron chi connectivity index (χ2n) is 3.87. The van der Waals surface area contributed by atoms with Crippen molar-refractivity contribution < 1.29 is 17.9 Å². The van der Waals surface area contributed by atoms with E-state index in [1.807, 2.05) is 0 Å². The summed E-state index contributed by atoms with van der Waals surface area (Å²) < 4.78 is 31.1. The van der Waals surface area contributed by atoms with Crippen molar-refractivity contribution in [2.45, 2.75) is 18.2 Å². The Morgan fingerprint density at radius 1 is 1.48 bits per heavy atom. The molecule has 0 aliphatic carbocycles. The molecule has 0 aliphatic heterocycles. The fourth-order valence-corrected chi connectivity index (χ4v) is 2.41. The van der Waals surface area contributed by atoms with E-state index in [-0.39, 0.29) is 31.0 Å². The Bertz CT molecular complexity index is 647. The summed E-state index contributed by atoms with van der Waals surface area (Å²) in [5.74, 6) is 4.86. The summed E-state index contributed by atoms with van der Waals surface area (Å²) in [6, 6.07) is 1.39. The molecule has 0 unspecified atom stereocenters. The van der Waals surface area contributed by atoms with Gasteiger partial charge >= 0.3 is 5.97 Å². The van der Waals surface area contributed by atoms with Gasteiger partial charge in [0.1, 0.15) is 4.90 Å². The van der Waals surface area contributed by atoms with Gasteiger partial charge in [0.15, 0.2) is 0 Å². The predicted molar refractivity (Wildman–Crippen MR) is 76.6 cm³/mol. The highest BCUT2D eigenvalue weighted by atomic mass is 32.2. The Balaban J connectivity index is 2.72. The number of pyridine rings is 1. The summed E-state index contributed by atoms with van der Waals surface area (Å²) in [6.45, 7) is 2.08. The van der Waals surface area contributed by atoms with Gasteiger partial charge < -0.3 is 10.5 Å². The molecule has 0 aliphatic rings. The zero-order valence-corrected chi connectivity index (χ0v) is 12.4. The highest BCUT2D eigenvalue weighted by molar-refractivity contribution is 7.89. The summed E-state index contributed by atoms with van der Waals surface area (Å²) >= 11 is 0. The van der Waals surface area contributed by atoms with Crippen LogP contribution in [0.2, 0.25) is 0 Å². The van der Waals surface area contributed by atoms with Crippen molar-refractivity contribution >= 4 is 16.0 Å². The van der Waals surface area contributed by atoms with Gasteiger partial charge in [0, 0.05) is 24.5 Å². The van der Waals surface area contributed by atoms with Gasteiger partial charge in [0.05, 0.1) is 19.6 Å². The minimum atomic E-state index is -3.74. The van der Waals surface area contributed by atoms with Gasteiger partial charge in [-0.25, -0.2) is 13.1 Å². The Kier molecular flexibility index (Phi) is 6.81. The molecule has 0 saturated carbocycles. The molecule has 0 amide bonds. The standard InChI is InChI=1S/C13H17N3O4S/c1-2-20-13(17)5-7-16-21(18,19)12-8-11(4-3-6-14)9-15-10-12/h8-10,16H,2,5-7,14H2,1H3. The molecule has 0 saturated heterocycles. The first-order valence-corrected chi connectivity index (χ1v) is 7.77. The van der Waals surface area contributed by atoms with E-state index in [0.717, 1.165) is 0 Å². The van der Waals surface area contributed by atoms with Gasteiger partial charge in [-0.1, -0.05) is 11.8 Å². The third-order valence-corrected chi connectivity index (χ3v) is 3.71. The van der Waals surface area contributed by atoms with Crippen LogP contribution in [0.5, 0.6) is 0 Å². The van der Waals surface area contributed by atoms with Crippen LogP contribution in [0.3, 0.4) is 0 Å². The molecule has 0 radical (unpaired) electrons. The first-order chi connectivity index (χ1) is 9.99. The van der Waals surface area contributed by atoms with Gasteiger partial charge in [-0.05, 0) is 13.0 Å². The molecule has 0 fully saturated rings. The lowest BCUT2D eigenvalue weighted by Gasteiger charge is -2.06. The van der Waals surface area contributed by atoms with Crippen LogP contribution < -0.4 is 10.5 Å². The third kappa shape index (κ3) is 5.91. The highest BCUT2D eigenvalue weighted by Crippen LogP contribution is 2.08. The smallest absolute Gasteiger partial charge is 0.307 e. The number of nitrogens with one attached hydrogen (secondary N) is 1. The number of sulfonamides is 1. The molecule has 0 spiro atoms. The van der Waals surface area contributed by atoms with Crippen molar-refractivity contribution in [1.29, 1.82) is 0 Å². The zero-order chi connectivity index (χ0) is 15.7. The van der Waals surface area contributed by atoms with Crippen molar-refractivity contribution in [3.63, 3.8) is 0 Å². The second-order valence-corrected chi connectivity index (χ2v) is 5.63. The molecule has 0 atom stereocenters. The summed E-state index contributed by atoms with van der Waals surface area (Å²) in [5.41, 5.74) is 5.70. The number of nitrogens with two attached hydrogens (primary N) is 1. The number of nitrogens with zero attached hydrogens (tertiary/aromatic N) is 1. The Morgan fingerprint density at radius 2 is 2.24 bits per heavy atom. The van der Waals surface area contributed by atoms with Crippen molar-refractivity contribution in [3.8, 4) is 11.8 Å². The lowest BCUT2D eigenvalue weighted by atomic mass is 10.3. The molecule has 1 heterocycles. The lowest BCUT2D eigenvalue weighted by molar-refractivity contribution is -0.142. The molecule has 7 nitrogen and oxygen atoms in total. The first-order valence-electron chi connectivity index (χ1n) is 6.29. The average molecular weight is 311 g/mol. The number of carbonyl (C=O) groups excluding carboxylic acids is 1. The van der Waals surface area contributed by atoms with Crippen LogP contribution in [-0.4, -0.2) is 39.1 Å². The van der Waals surface area contributed by atoms with Gasteiger partial charge in [0.25, 0.3) is 0 Å². The van der Waals surface area contributed by atoms with E-state index in [9.17, 15) is 13.2 Å². The molecule has 1 aromatic rings. The molecule has 21 heavy (non-hydrogen) atoms. The van der Waals surface area contributed by atoms with E-state index in [2.05, 4.69) is 21.5 Å². The van der Waals surface area contributed by atoms with Crippen LogP contribution in [0.25, 0.3) is 0 Å². The maximum atomic E-state index is 12.0. The van der Waals surface area contributed by atoms with Gasteiger partial charge in [0.2, 0.25) is 10.0 Å². The summed E-state index contributed by atoms with van der Waals surface area (Å²) in [7, 11) is -3.74. The number of ether oxygens (including phenoxy) is 1. The summed E-state index contributed by atoms with van der Waals surface area (Å²) in [4.78, 5) is 14.9. The van der Waals surface area contributed by atoms with Crippen LogP contribution >= 0.6 is 0 Å². The number of aromatic nitrogens is 1. The fraction of sp³-hybridized carbons (Fsp3) is 0.385. The SMILES string of the molecule is CCOC(=O)CCNS(=O)(=O)c1cncc(C#CCN)c1. The molecular formula is C13H17N3O4S. The van der Waals surface area contributed by atoms with Crippen molar-refractivity contribution in [2.75, 3.05) is 19.7 Å². The molecule has 114 valence electrons. The molecule has 0 aromatic carbocycles. The number of esters is 1. The molecule has 1 rings (SSSR count). The quantitative estimate of drug-likeness (QED) is 0.547. The van der Waals surface area contributed by atoms with Crippen molar-refractivity contribution in [1.82, 2.24) is 9.71 Å². The zero-order valence-electron chi connectivity index (χ0n) is 11.6. The largest absolute Gasteiger partial charge is 0.466 e. The second kappa shape index (κ2) is 8.36. The van der Waals surface area contributed by atoms with Crippen LogP contribution in [-0.2, 0) is 19.6 Å². The van der Waals surface area contributed by atoms with E-state index in [1.165, 1.54) is 18.5 Å². The average Bonchev–Trinajstić information content (AvgIpc) is 2.45. The van der Waals surface area contributed by atoms with Gasteiger partial charge in [-0.3, -0.25) is 9.78 Å². The number of hydrogen-bond donors (Lipinski definition) is 2. The molecule has 3 N–H and O–H groups in total. The topological polar surface area (TPSA) is 111 Å². The Hall–Kier alpha value is -1.95. The van der Waals surface area contributed by atoms with Crippen molar-refractivity contribution in [3.05, 3.63) is 24.0 Å². The van der Waals surface area contributed by atoms with E-state index >= 15 is 0 Å². The number of hydrogen-bond acceptors (Lipinski definition) is 6. The molecule has 8 heteroatoms. The van der Waals surface area contributed by atoms with Crippen molar-refractivity contribution in [2.24, 2.45) is 5.73 Å². The molecular weight excluding hydrogens is 294 g/mol. The monoisotopic (exact) mass is 311 g/mol. The minimum absolute atomic E-state index is 0.0184. The third-order valence-electron chi connectivity index (χ3n) is 2.28. The highest BCUT2D eigenvalue weighted by Gasteiger charge is 2.15. The minimum Gasteiger partial charge on any atom is -0.466 e. The Morgan fingerprint density at radius 3 is 2.90 bits per heavy atom. The summed E-state index contributed by atoms with van der Waals surface area (Å²) in [6.07, 6.45) is 2.62. The van der Waals surface area contributed by atoms with Gasteiger partial charge in [-0.2, -0.15) is 0 Å². The van der Waals surface area contributed by atoms with Crippen LogP contribution in [0.1, 0.15) is 18.9 Å². The van der Waals surface area contributed by atoms with E-state index in [0.29, 0.717) is 5.56 Å². The predicted octanol–water partition coefficient (Wildman–Crippen LogP) is -0.377. The molecule has 0 bridgehead atoms.